The van der Waals surface area contributed by atoms with Gasteiger partial charge in [-0.2, -0.15) is 0 Å². The lowest BCUT2D eigenvalue weighted by Crippen LogP contribution is -2.53. The van der Waals surface area contributed by atoms with Crippen LogP contribution in [0.15, 0.2) is 54.6 Å². The maximum absolute atomic E-state index is 12.8. The zero-order chi connectivity index (χ0) is 20.1. The van der Waals surface area contributed by atoms with Crippen LogP contribution in [0.5, 0.6) is 0 Å². The number of nitrogens with two attached hydrogens (primary N) is 1. The van der Waals surface area contributed by atoms with Crippen molar-refractivity contribution < 1.29 is 9.59 Å². The lowest BCUT2D eigenvalue weighted by molar-refractivity contribution is -0.128. The number of halogens is 1. The van der Waals surface area contributed by atoms with E-state index in [-0.39, 0.29) is 36.2 Å². The van der Waals surface area contributed by atoms with E-state index >= 15 is 0 Å². The summed E-state index contributed by atoms with van der Waals surface area (Å²) in [5, 5.41) is 6.01. The van der Waals surface area contributed by atoms with Crippen molar-refractivity contribution in [3.05, 3.63) is 65.7 Å². The molecule has 0 radical (unpaired) electrons. The summed E-state index contributed by atoms with van der Waals surface area (Å²) >= 11 is 0. The van der Waals surface area contributed by atoms with Gasteiger partial charge in [0.1, 0.15) is 0 Å². The fourth-order valence-corrected chi connectivity index (χ4v) is 3.86. The number of amides is 2. The van der Waals surface area contributed by atoms with Crippen molar-refractivity contribution in [3.63, 3.8) is 0 Å². The highest BCUT2D eigenvalue weighted by Gasteiger charge is 2.38. The standard InChI is InChI=1S/C23H29N3O2.ClH/c1-16(25-22(28)20-13-6-7-14-23(20,2)24)18-11-8-12-19(15-18)26-21(27)17-9-4-3-5-10-17;/h3-5,8-12,15-16,20H,6-7,13-14,24H2,1-2H3,(H,25,28)(H,26,27);1H. The average molecular weight is 416 g/mol. The van der Waals surface area contributed by atoms with Gasteiger partial charge in [-0.1, -0.05) is 43.2 Å². The second kappa shape index (κ2) is 9.90. The van der Waals surface area contributed by atoms with Crippen LogP contribution in [-0.2, 0) is 4.79 Å². The summed E-state index contributed by atoms with van der Waals surface area (Å²) < 4.78 is 0. The molecule has 3 unspecified atom stereocenters. The summed E-state index contributed by atoms with van der Waals surface area (Å²) in [7, 11) is 0. The number of nitrogens with one attached hydrogen (secondary N) is 2. The second-order valence-electron chi connectivity index (χ2n) is 7.98. The first-order valence-corrected chi connectivity index (χ1v) is 9.92. The number of benzene rings is 2. The Bertz CT molecular complexity index is 839. The Kier molecular flexibility index (Phi) is 7.82. The third-order valence-electron chi connectivity index (χ3n) is 5.61. The molecule has 0 saturated heterocycles. The Morgan fingerprint density at radius 1 is 1.10 bits per heavy atom. The molecule has 0 spiro atoms. The van der Waals surface area contributed by atoms with E-state index in [4.69, 9.17) is 5.73 Å². The van der Waals surface area contributed by atoms with Gasteiger partial charge in [0, 0.05) is 16.8 Å². The first-order chi connectivity index (χ1) is 13.4. The molecule has 1 fully saturated rings. The number of rotatable bonds is 5. The molecule has 0 heterocycles. The Morgan fingerprint density at radius 3 is 2.52 bits per heavy atom. The monoisotopic (exact) mass is 415 g/mol. The van der Waals surface area contributed by atoms with Crippen LogP contribution in [0, 0.1) is 5.92 Å². The van der Waals surface area contributed by atoms with Crippen LogP contribution in [0.2, 0.25) is 0 Å². The zero-order valence-corrected chi connectivity index (χ0v) is 17.8. The van der Waals surface area contributed by atoms with Gasteiger partial charge in [0.15, 0.2) is 0 Å². The summed E-state index contributed by atoms with van der Waals surface area (Å²) in [6.07, 6.45) is 3.83. The Labute approximate surface area is 178 Å². The number of carbonyl (C=O) groups excluding carboxylic acids is 2. The molecule has 5 nitrogen and oxygen atoms in total. The van der Waals surface area contributed by atoms with E-state index in [1.54, 1.807) is 12.1 Å². The number of carbonyl (C=O) groups is 2. The van der Waals surface area contributed by atoms with Gasteiger partial charge in [-0.05, 0) is 56.5 Å². The second-order valence-corrected chi connectivity index (χ2v) is 7.98. The van der Waals surface area contributed by atoms with E-state index in [1.807, 2.05) is 56.3 Å². The normalized spacial score (nSPS) is 22.1. The maximum Gasteiger partial charge on any atom is 0.255 e. The van der Waals surface area contributed by atoms with Crippen molar-refractivity contribution in [1.82, 2.24) is 5.32 Å². The Balaban J connectivity index is 0.00000300. The minimum Gasteiger partial charge on any atom is -0.349 e. The van der Waals surface area contributed by atoms with E-state index in [2.05, 4.69) is 10.6 Å². The molecule has 2 aromatic rings. The van der Waals surface area contributed by atoms with E-state index in [1.165, 1.54) is 0 Å². The molecule has 1 saturated carbocycles. The molecule has 3 rings (SSSR count). The van der Waals surface area contributed by atoms with Gasteiger partial charge in [-0.25, -0.2) is 0 Å². The van der Waals surface area contributed by atoms with Gasteiger partial charge in [0.2, 0.25) is 5.91 Å². The zero-order valence-electron chi connectivity index (χ0n) is 17.0. The first-order valence-electron chi connectivity index (χ1n) is 9.92. The summed E-state index contributed by atoms with van der Waals surface area (Å²) in [6.45, 7) is 3.92. The molecule has 29 heavy (non-hydrogen) atoms. The molecule has 156 valence electrons. The first kappa shape index (κ1) is 22.9. The summed E-state index contributed by atoms with van der Waals surface area (Å²) in [6, 6.07) is 16.5. The molecular formula is C23H30ClN3O2. The van der Waals surface area contributed by atoms with Gasteiger partial charge >= 0.3 is 0 Å². The smallest absolute Gasteiger partial charge is 0.255 e. The molecule has 0 aliphatic heterocycles. The third kappa shape index (κ3) is 5.81. The Morgan fingerprint density at radius 2 is 1.83 bits per heavy atom. The molecule has 0 aromatic heterocycles. The highest BCUT2D eigenvalue weighted by Crippen LogP contribution is 2.32. The van der Waals surface area contributed by atoms with E-state index < -0.39 is 5.54 Å². The maximum atomic E-state index is 12.8. The van der Waals surface area contributed by atoms with Gasteiger partial charge in [0.25, 0.3) is 5.91 Å². The number of anilines is 1. The summed E-state index contributed by atoms with van der Waals surface area (Å²) in [5.41, 5.74) is 8.16. The van der Waals surface area contributed by atoms with Crippen LogP contribution >= 0.6 is 12.4 Å². The molecule has 4 N–H and O–H groups in total. The number of hydrogen-bond donors (Lipinski definition) is 3. The van der Waals surface area contributed by atoms with Crippen LogP contribution in [0.3, 0.4) is 0 Å². The van der Waals surface area contributed by atoms with Gasteiger partial charge in [-0.15, -0.1) is 12.4 Å². The minimum absolute atomic E-state index is 0. The molecular weight excluding hydrogens is 386 g/mol. The molecule has 0 bridgehead atoms. The summed E-state index contributed by atoms with van der Waals surface area (Å²) in [4.78, 5) is 25.1. The van der Waals surface area contributed by atoms with Crippen molar-refractivity contribution >= 4 is 29.9 Å². The fourth-order valence-electron chi connectivity index (χ4n) is 3.86. The van der Waals surface area contributed by atoms with Gasteiger partial charge < -0.3 is 16.4 Å². The number of hydrogen-bond acceptors (Lipinski definition) is 3. The van der Waals surface area contributed by atoms with E-state index in [9.17, 15) is 9.59 Å². The molecule has 1 aliphatic carbocycles. The van der Waals surface area contributed by atoms with Crippen LogP contribution < -0.4 is 16.4 Å². The van der Waals surface area contributed by atoms with Crippen LogP contribution in [0.4, 0.5) is 5.69 Å². The predicted molar refractivity (Wildman–Crippen MR) is 119 cm³/mol. The average Bonchev–Trinajstić information content (AvgIpc) is 2.68. The molecule has 1 aliphatic rings. The lowest BCUT2D eigenvalue weighted by Gasteiger charge is -2.37. The largest absolute Gasteiger partial charge is 0.349 e. The van der Waals surface area contributed by atoms with Crippen molar-refractivity contribution in [3.8, 4) is 0 Å². The highest BCUT2D eigenvalue weighted by molar-refractivity contribution is 6.04. The topological polar surface area (TPSA) is 84.2 Å². The predicted octanol–water partition coefficient (Wildman–Crippen LogP) is 4.45. The highest BCUT2D eigenvalue weighted by atomic mass is 35.5. The van der Waals surface area contributed by atoms with E-state index in [0.29, 0.717) is 11.3 Å². The van der Waals surface area contributed by atoms with Crippen LogP contribution in [0.1, 0.15) is 61.5 Å². The lowest BCUT2D eigenvalue weighted by atomic mass is 9.74. The van der Waals surface area contributed by atoms with E-state index in [0.717, 1.165) is 31.2 Å². The van der Waals surface area contributed by atoms with Crippen LogP contribution in [0.25, 0.3) is 0 Å². The van der Waals surface area contributed by atoms with Crippen LogP contribution in [-0.4, -0.2) is 17.4 Å². The minimum atomic E-state index is -0.451. The third-order valence-corrected chi connectivity index (χ3v) is 5.61. The molecule has 2 amide bonds. The van der Waals surface area contributed by atoms with Crippen molar-refractivity contribution in [2.24, 2.45) is 11.7 Å². The SMILES string of the molecule is CC(NC(=O)C1CCCCC1(C)N)c1cccc(NC(=O)c2ccccc2)c1.Cl. The summed E-state index contributed by atoms with van der Waals surface area (Å²) in [5.74, 6) is -0.309. The Hall–Kier alpha value is -2.37. The fraction of sp³-hybridized carbons (Fsp3) is 0.391. The van der Waals surface area contributed by atoms with Crippen molar-refractivity contribution in [2.75, 3.05) is 5.32 Å². The van der Waals surface area contributed by atoms with Gasteiger partial charge in [0.05, 0.1) is 12.0 Å². The molecule has 2 aromatic carbocycles. The quantitative estimate of drug-likeness (QED) is 0.674. The van der Waals surface area contributed by atoms with Crippen molar-refractivity contribution in [2.45, 2.75) is 51.1 Å². The van der Waals surface area contributed by atoms with Crippen molar-refractivity contribution in [1.29, 1.82) is 0 Å². The van der Waals surface area contributed by atoms with Gasteiger partial charge in [-0.3, -0.25) is 9.59 Å². The molecule has 6 heteroatoms. The molecule has 3 atom stereocenters.